The van der Waals surface area contributed by atoms with Crippen molar-refractivity contribution in [1.82, 2.24) is 0 Å². The molecule has 0 spiro atoms. The molecule has 104 valence electrons. The molecule has 1 aromatic rings. The van der Waals surface area contributed by atoms with Crippen molar-refractivity contribution in [2.24, 2.45) is 11.1 Å². The van der Waals surface area contributed by atoms with Crippen molar-refractivity contribution in [2.75, 3.05) is 11.4 Å². The van der Waals surface area contributed by atoms with Crippen LogP contribution in [0.5, 0.6) is 0 Å². The van der Waals surface area contributed by atoms with Gasteiger partial charge in [-0.25, -0.2) is 0 Å². The Balaban J connectivity index is 2.13. The Morgan fingerprint density at radius 2 is 2.05 bits per heavy atom. The van der Waals surface area contributed by atoms with E-state index in [-0.39, 0.29) is 17.4 Å². The number of hydrogen-bond acceptors (Lipinski definition) is 2. The summed E-state index contributed by atoms with van der Waals surface area (Å²) in [6.07, 6.45) is 2.51. The third-order valence-corrected chi connectivity index (χ3v) is 3.92. The van der Waals surface area contributed by atoms with E-state index in [0.29, 0.717) is 6.42 Å². The highest BCUT2D eigenvalue weighted by Gasteiger charge is 2.28. The minimum atomic E-state index is -0.103. The number of aryl methyl sites for hydroxylation is 1. The molecule has 1 aliphatic heterocycles. The number of rotatable bonds is 2. The molecule has 19 heavy (non-hydrogen) atoms. The number of nitrogens with two attached hydrogens (primary N) is 1. The zero-order valence-corrected chi connectivity index (χ0v) is 12.1. The number of para-hydroxylation sites is 1. The van der Waals surface area contributed by atoms with E-state index in [9.17, 15) is 4.79 Å². The van der Waals surface area contributed by atoms with Crippen LogP contribution in [0.25, 0.3) is 0 Å². The summed E-state index contributed by atoms with van der Waals surface area (Å²) >= 11 is 0. The van der Waals surface area contributed by atoms with Gasteiger partial charge in [-0.1, -0.05) is 39.0 Å². The molecule has 1 heterocycles. The lowest BCUT2D eigenvalue weighted by Crippen LogP contribution is -2.43. The maximum atomic E-state index is 12.5. The molecule has 2 rings (SSSR count). The molecule has 1 atom stereocenters. The standard InChI is InChI=1S/C16H24N2O/c1-16(2,3)14(17)11-15(19)18-10-6-8-12-7-4-5-9-13(12)18/h4-5,7,9,14H,6,8,10-11,17H2,1-3H3. The van der Waals surface area contributed by atoms with E-state index in [1.165, 1.54) is 5.56 Å². The molecule has 1 aromatic carbocycles. The van der Waals surface area contributed by atoms with Crippen LogP contribution >= 0.6 is 0 Å². The number of anilines is 1. The molecule has 2 N–H and O–H groups in total. The highest BCUT2D eigenvalue weighted by atomic mass is 16.2. The normalized spacial score (nSPS) is 16.9. The number of carbonyl (C=O) groups excluding carboxylic acids is 1. The van der Waals surface area contributed by atoms with Gasteiger partial charge in [-0.2, -0.15) is 0 Å². The second-order valence-electron chi connectivity index (χ2n) is 6.45. The van der Waals surface area contributed by atoms with Gasteiger partial charge in [0.1, 0.15) is 0 Å². The van der Waals surface area contributed by atoms with Crippen LogP contribution in [0.4, 0.5) is 5.69 Å². The molecule has 1 amide bonds. The van der Waals surface area contributed by atoms with E-state index >= 15 is 0 Å². The van der Waals surface area contributed by atoms with Gasteiger partial charge < -0.3 is 10.6 Å². The molecule has 0 aliphatic carbocycles. The Morgan fingerprint density at radius 1 is 1.37 bits per heavy atom. The average molecular weight is 260 g/mol. The molecule has 1 aliphatic rings. The summed E-state index contributed by atoms with van der Waals surface area (Å²) in [4.78, 5) is 14.4. The van der Waals surface area contributed by atoms with Crippen LogP contribution in [0.15, 0.2) is 24.3 Å². The lowest BCUT2D eigenvalue weighted by Gasteiger charge is -2.33. The highest BCUT2D eigenvalue weighted by Crippen LogP contribution is 2.28. The Bertz CT molecular complexity index is 462. The largest absolute Gasteiger partial charge is 0.327 e. The summed E-state index contributed by atoms with van der Waals surface area (Å²) in [7, 11) is 0. The van der Waals surface area contributed by atoms with Gasteiger partial charge >= 0.3 is 0 Å². The quantitative estimate of drug-likeness (QED) is 0.888. The van der Waals surface area contributed by atoms with Crippen LogP contribution in [-0.4, -0.2) is 18.5 Å². The average Bonchev–Trinajstić information content (AvgIpc) is 2.36. The molecule has 0 bridgehead atoms. The fourth-order valence-corrected chi connectivity index (χ4v) is 2.40. The van der Waals surface area contributed by atoms with Gasteiger partial charge in [-0.3, -0.25) is 4.79 Å². The second-order valence-corrected chi connectivity index (χ2v) is 6.45. The second kappa shape index (κ2) is 5.33. The first-order chi connectivity index (χ1) is 8.89. The minimum absolute atomic E-state index is 0.0367. The van der Waals surface area contributed by atoms with Gasteiger partial charge in [0.25, 0.3) is 0 Å². The summed E-state index contributed by atoms with van der Waals surface area (Å²) in [6.45, 7) is 7.05. The third-order valence-electron chi connectivity index (χ3n) is 3.92. The Labute approximate surface area is 115 Å². The number of amides is 1. The van der Waals surface area contributed by atoms with E-state index < -0.39 is 0 Å². The Kier molecular flexibility index (Phi) is 3.95. The van der Waals surface area contributed by atoms with Crippen molar-refractivity contribution < 1.29 is 4.79 Å². The first-order valence-electron chi connectivity index (χ1n) is 7.03. The van der Waals surface area contributed by atoms with Crippen molar-refractivity contribution >= 4 is 11.6 Å². The van der Waals surface area contributed by atoms with Gasteiger partial charge in [-0.05, 0) is 29.9 Å². The molecular formula is C16H24N2O. The van der Waals surface area contributed by atoms with Crippen LogP contribution in [0, 0.1) is 5.41 Å². The third kappa shape index (κ3) is 3.16. The predicted molar refractivity (Wildman–Crippen MR) is 79.2 cm³/mol. The minimum Gasteiger partial charge on any atom is -0.327 e. The van der Waals surface area contributed by atoms with E-state index in [1.54, 1.807) is 0 Å². The zero-order valence-electron chi connectivity index (χ0n) is 12.1. The van der Waals surface area contributed by atoms with Gasteiger partial charge in [0.05, 0.1) is 0 Å². The molecule has 0 aromatic heterocycles. The number of benzene rings is 1. The summed E-state index contributed by atoms with van der Waals surface area (Å²) in [5.41, 5.74) is 8.43. The lowest BCUT2D eigenvalue weighted by atomic mass is 9.85. The summed E-state index contributed by atoms with van der Waals surface area (Å²) in [5, 5.41) is 0. The molecule has 0 saturated carbocycles. The topological polar surface area (TPSA) is 46.3 Å². The smallest absolute Gasteiger partial charge is 0.228 e. The van der Waals surface area contributed by atoms with E-state index in [4.69, 9.17) is 5.73 Å². The molecule has 3 nitrogen and oxygen atoms in total. The van der Waals surface area contributed by atoms with E-state index in [0.717, 1.165) is 25.1 Å². The first kappa shape index (κ1) is 14.1. The maximum absolute atomic E-state index is 12.5. The van der Waals surface area contributed by atoms with Crippen molar-refractivity contribution in [3.63, 3.8) is 0 Å². The van der Waals surface area contributed by atoms with Gasteiger partial charge in [0.15, 0.2) is 0 Å². The summed E-state index contributed by atoms with van der Waals surface area (Å²) in [6, 6.07) is 8.07. The van der Waals surface area contributed by atoms with Crippen molar-refractivity contribution in [3.8, 4) is 0 Å². The van der Waals surface area contributed by atoms with Gasteiger partial charge in [-0.15, -0.1) is 0 Å². The van der Waals surface area contributed by atoms with Crippen LogP contribution in [-0.2, 0) is 11.2 Å². The molecular weight excluding hydrogens is 236 g/mol. The number of nitrogens with zero attached hydrogens (tertiary/aromatic N) is 1. The molecule has 0 radical (unpaired) electrons. The molecule has 0 fully saturated rings. The van der Waals surface area contributed by atoms with Crippen molar-refractivity contribution in [1.29, 1.82) is 0 Å². The van der Waals surface area contributed by atoms with Crippen molar-refractivity contribution in [3.05, 3.63) is 29.8 Å². The zero-order chi connectivity index (χ0) is 14.0. The summed E-state index contributed by atoms with van der Waals surface area (Å²) in [5.74, 6) is 0.148. The van der Waals surface area contributed by atoms with E-state index in [1.807, 2.05) is 23.1 Å². The predicted octanol–water partition coefficient (Wildman–Crippen LogP) is 2.73. The van der Waals surface area contributed by atoms with Gasteiger partial charge in [0, 0.05) is 24.7 Å². The number of hydrogen-bond donors (Lipinski definition) is 1. The van der Waals surface area contributed by atoms with Crippen LogP contribution in [0.2, 0.25) is 0 Å². The molecule has 1 unspecified atom stereocenters. The van der Waals surface area contributed by atoms with Crippen LogP contribution in [0.1, 0.15) is 39.2 Å². The molecule has 3 heteroatoms. The maximum Gasteiger partial charge on any atom is 0.228 e. The highest BCUT2D eigenvalue weighted by molar-refractivity contribution is 5.94. The Hall–Kier alpha value is -1.35. The SMILES string of the molecule is CC(C)(C)C(N)CC(=O)N1CCCc2ccccc21. The fraction of sp³-hybridized carbons (Fsp3) is 0.562. The Morgan fingerprint density at radius 3 is 2.74 bits per heavy atom. The van der Waals surface area contributed by atoms with Crippen LogP contribution in [0.3, 0.4) is 0 Å². The first-order valence-corrected chi connectivity index (χ1v) is 7.03. The van der Waals surface area contributed by atoms with E-state index in [2.05, 4.69) is 26.8 Å². The van der Waals surface area contributed by atoms with Crippen LogP contribution < -0.4 is 10.6 Å². The lowest BCUT2D eigenvalue weighted by molar-refractivity contribution is -0.119. The van der Waals surface area contributed by atoms with Crippen molar-refractivity contribution in [2.45, 2.75) is 46.1 Å². The number of carbonyl (C=O) groups is 1. The number of fused-ring (bicyclic) bond motifs is 1. The summed E-state index contributed by atoms with van der Waals surface area (Å²) < 4.78 is 0. The molecule has 0 saturated heterocycles. The fourth-order valence-electron chi connectivity index (χ4n) is 2.40. The van der Waals surface area contributed by atoms with Gasteiger partial charge in [0.2, 0.25) is 5.91 Å². The monoisotopic (exact) mass is 260 g/mol.